The van der Waals surface area contributed by atoms with E-state index in [9.17, 15) is 0 Å². The van der Waals surface area contributed by atoms with E-state index in [2.05, 4.69) is 5.32 Å². The number of nitrogens with one attached hydrogen (secondary N) is 1. The maximum Gasteiger partial charge on any atom is 0.180 e. The lowest BCUT2D eigenvalue weighted by Crippen LogP contribution is -2.16. The number of methoxy groups -OCH3 is 2. The number of hydrogen-bond donors (Lipinski definition) is 1. The van der Waals surface area contributed by atoms with E-state index < -0.39 is 0 Å². The van der Waals surface area contributed by atoms with E-state index in [4.69, 9.17) is 25.8 Å². The minimum absolute atomic E-state index is 0.0550. The van der Waals surface area contributed by atoms with Crippen LogP contribution in [-0.2, 0) is 11.3 Å². The Labute approximate surface area is 126 Å². The third kappa shape index (κ3) is 5.57. The highest BCUT2D eigenvalue weighted by Gasteiger charge is 2.13. The van der Waals surface area contributed by atoms with Crippen molar-refractivity contribution >= 4 is 11.6 Å². The highest BCUT2D eigenvalue weighted by Crippen LogP contribution is 2.37. The number of rotatable bonds is 9. The van der Waals surface area contributed by atoms with Gasteiger partial charge in [-0.3, -0.25) is 0 Å². The summed E-state index contributed by atoms with van der Waals surface area (Å²) in [5.41, 5.74) is 1.07. The fourth-order valence-corrected chi connectivity index (χ4v) is 2.08. The topological polar surface area (TPSA) is 39.7 Å². The molecular formula is C15H24ClNO3. The highest BCUT2D eigenvalue weighted by molar-refractivity contribution is 6.32. The first kappa shape index (κ1) is 17.1. The maximum absolute atomic E-state index is 6.27. The van der Waals surface area contributed by atoms with Gasteiger partial charge in [-0.1, -0.05) is 11.6 Å². The average molecular weight is 302 g/mol. The number of hydrogen-bond acceptors (Lipinski definition) is 4. The second-order valence-corrected chi connectivity index (χ2v) is 5.21. The molecule has 20 heavy (non-hydrogen) atoms. The van der Waals surface area contributed by atoms with E-state index in [1.165, 1.54) is 0 Å². The van der Waals surface area contributed by atoms with Crippen LogP contribution in [0.5, 0.6) is 11.5 Å². The van der Waals surface area contributed by atoms with E-state index in [0.29, 0.717) is 16.5 Å². The predicted octanol–water partition coefficient (Wildman–Crippen LogP) is 3.26. The second-order valence-electron chi connectivity index (χ2n) is 4.80. The smallest absolute Gasteiger partial charge is 0.180 e. The Kier molecular flexibility index (Phi) is 7.73. The third-order valence-electron chi connectivity index (χ3n) is 2.67. The lowest BCUT2D eigenvalue weighted by Gasteiger charge is -2.16. The fraction of sp³-hybridized carbons (Fsp3) is 0.600. The molecule has 0 heterocycles. The molecule has 0 fully saturated rings. The van der Waals surface area contributed by atoms with Crippen LogP contribution in [0.3, 0.4) is 0 Å². The zero-order chi connectivity index (χ0) is 15.0. The first-order valence-electron chi connectivity index (χ1n) is 6.81. The molecule has 4 nitrogen and oxygen atoms in total. The zero-order valence-corrected chi connectivity index (χ0v) is 13.4. The molecule has 1 aromatic carbocycles. The minimum Gasteiger partial charge on any atom is -0.493 e. The predicted molar refractivity (Wildman–Crippen MR) is 82.0 cm³/mol. The SMILES string of the molecule is COCCCNCc1cc(Cl)c(OC(C)C)c(OC)c1. The monoisotopic (exact) mass is 301 g/mol. The van der Waals surface area contributed by atoms with Gasteiger partial charge in [-0.25, -0.2) is 0 Å². The molecule has 0 spiro atoms. The standard InChI is InChI=1S/C15H24ClNO3/c1-11(2)20-15-13(16)8-12(9-14(15)19-4)10-17-6-5-7-18-3/h8-9,11,17H,5-7,10H2,1-4H3. The van der Waals surface area contributed by atoms with Gasteiger partial charge in [-0.15, -0.1) is 0 Å². The van der Waals surface area contributed by atoms with Crippen molar-refractivity contribution in [2.45, 2.75) is 32.9 Å². The van der Waals surface area contributed by atoms with Crippen LogP contribution in [0.15, 0.2) is 12.1 Å². The molecule has 114 valence electrons. The van der Waals surface area contributed by atoms with E-state index in [-0.39, 0.29) is 6.10 Å². The Bertz CT molecular complexity index is 410. The molecular weight excluding hydrogens is 278 g/mol. The van der Waals surface area contributed by atoms with Crippen molar-refractivity contribution in [3.05, 3.63) is 22.7 Å². The molecule has 0 aliphatic carbocycles. The third-order valence-corrected chi connectivity index (χ3v) is 2.95. The summed E-state index contributed by atoms with van der Waals surface area (Å²) in [6.45, 7) is 6.32. The van der Waals surface area contributed by atoms with Crippen molar-refractivity contribution in [1.29, 1.82) is 0 Å². The summed E-state index contributed by atoms with van der Waals surface area (Å²) in [6.07, 6.45) is 1.04. The molecule has 0 aromatic heterocycles. The van der Waals surface area contributed by atoms with Gasteiger partial charge in [0.15, 0.2) is 11.5 Å². The van der Waals surface area contributed by atoms with Crippen LogP contribution in [0, 0.1) is 0 Å². The molecule has 1 aromatic rings. The quantitative estimate of drug-likeness (QED) is 0.711. The summed E-state index contributed by atoms with van der Waals surface area (Å²) < 4.78 is 16.0. The van der Waals surface area contributed by atoms with Crippen LogP contribution >= 0.6 is 11.6 Å². The van der Waals surface area contributed by atoms with Gasteiger partial charge in [0.2, 0.25) is 0 Å². The van der Waals surface area contributed by atoms with Gasteiger partial charge in [0.05, 0.1) is 18.2 Å². The minimum atomic E-state index is 0.0550. The molecule has 0 radical (unpaired) electrons. The van der Waals surface area contributed by atoms with Crippen LogP contribution in [0.2, 0.25) is 5.02 Å². The van der Waals surface area contributed by atoms with Crippen molar-refractivity contribution in [2.75, 3.05) is 27.4 Å². The molecule has 0 unspecified atom stereocenters. The highest BCUT2D eigenvalue weighted by atomic mass is 35.5. The Morgan fingerprint density at radius 1 is 1.25 bits per heavy atom. The average Bonchev–Trinajstić information content (AvgIpc) is 2.40. The Morgan fingerprint density at radius 2 is 2.00 bits per heavy atom. The van der Waals surface area contributed by atoms with Gasteiger partial charge in [0.25, 0.3) is 0 Å². The Balaban J connectivity index is 2.67. The van der Waals surface area contributed by atoms with Crippen LogP contribution in [0.4, 0.5) is 0 Å². The molecule has 5 heteroatoms. The van der Waals surface area contributed by atoms with Gasteiger partial charge in [-0.05, 0) is 44.5 Å². The summed E-state index contributed by atoms with van der Waals surface area (Å²) in [5.74, 6) is 1.27. The molecule has 0 saturated carbocycles. The zero-order valence-electron chi connectivity index (χ0n) is 12.7. The Hall–Kier alpha value is -0.970. The summed E-state index contributed by atoms with van der Waals surface area (Å²) in [6, 6.07) is 3.86. The van der Waals surface area contributed by atoms with E-state index in [1.807, 2.05) is 26.0 Å². The van der Waals surface area contributed by atoms with Gasteiger partial charge in [0, 0.05) is 20.3 Å². The maximum atomic E-state index is 6.27. The summed E-state index contributed by atoms with van der Waals surface area (Å²) in [4.78, 5) is 0. The van der Waals surface area contributed by atoms with Gasteiger partial charge < -0.3 is 19.5 Å². The largest absolute Gasteiger partial charge is 0.493 e. The van der Waals surface area contributed by atoms with Crippen molar-refractivity contribution in [3.63, 3.8) is 0 Å². The van der Waals surface area contributed by atoms with Gasteiger partial charge in [-0.2, -0.15) is 0 Å². The van der Waals surface area contributed by atoms with E-state index in [1.54, 1.807) is 14.2 Å². The lowest BCUT2D eigenvalue weighted by atomic mass is 10.2. The van der Waals surface area contributed by atoms with Crippen molar-refractivity contribution in [2.24, 2.45) is 0 Å². The molecule has 1 N–H and O–H groups in total. The first-order chi connectivity index (χ1) is 9.58. The van der Waals surface area contributed by atoms with Crippen LogP contribution in [0.25, 0.3) is 0 Å². The summed E-state index contributed by atoms with van der Waals surface area (Å²) in [5, 5.41) is 3.92. The molecule has 0 aliphatic rings. The number of halogens is 1. The van der Waals surface area contributed by atoms with Gasteiger partial charge in [0.1, 0.15) is 0 Å². The molecule has 0 bridgehead atoms. The van der Waals surface area contributed by atoms with Crippen LogP contribution in [0.1, 0.15) is 25.8 Å². The molecule has 0 atom stereocenters. The van der Waals surface area contributed by atoms with Crippen LogP contribution in [-0.4, -0.2) is 33.5 Å². The lowest BCUT2D eigenvalue weighted by molar-refractivity contribution is 0.194. The van der Waals surface area contributed by atoms with E-state index >= 15 is 0 Å². The molecule has 0 amide bonds. The van der Waals surface area contributed by atoms with Crippen molar-refractivity contribution in [3.8, 4) is 11.5 Å². The number of benzene rings is 1. The van der Waals surface area contributed by atoms with Crippen molar-refractivity contribution in [1.82, 2.24) is 5.32 Å². The second kappa shape index (κ2) is 9.06. The van der Waals surface area contributed by atoms with Crippen molar-refractivity contribution < 1.29 is 14.2 Å². The molecule has 1 rings (SSSR count). The molecule has 0 saturated heterocycles. The summed E-state index contributed by atoms with van der Waals surface area (Å²) >= 11 is 6.27. The number of ether oxygens (including phenoxy) is 3. The van der Waals surface area contributed by atoms with Crippen LogP contribution < -0.4 is 14.8 Å². The Morgan fingerprint density at radius 3 is 2.60 bits per heavy atom. The van der Waals surface area contributed by atoms with Gasteiger partial charge >= 0.3 is 0 Å². The van der Waals surface area contributed by atoms with E-state index in [0.717, 1.165) is 31.7 Å². The molecule has 0 aliphatic heterocycles. The fourth-order valence-electron chi connectivity index (χ4n) is 1.80. The first-order valence-corrected chi connectivity index (χ1v) is 7.19. The summed E-state index contributed by atoms with van der Waals surface area (Å²) in [7, 11) is 3.33. The normalized spacial score (nSPS) is 10.9.